The van der Waals surface area contributed by atoms with E-state index >= 15 is 0 Å². The number of fused-ring (bicyclic) bond motifs is 1. The highest BCUT2D eigenvalue weighted by Crippen LogP contribution is 2.33. The maximum absolute atomic E-state index is 13.3. The summed E-state index contributed by atoms with van der Waals surface area (Å²) in [7, 11) is 0. The van der Waals surface area contributed by atoms with E-state index in [2.05, 4.69) is 4.98 Å². The predicted octanol–water partition coefficient (Wildman–Crippen LogP) is 3.12. The van der Waals surface area contributed by atoms with E-state index in [-0.39, 0.29) is 11.6 Å². The third-order valence-corrected chi connectivity index (χ3v) is 3.37. The molecule has 0 N–H and O–H groups in total. The van der Waals surface area contributed by atoms with Crippen LogP contribution in [0, 0.1) is 5.82 Å². The zero-order chi connectivity index (χ0) is 13.4. The van der Waals surface area contributed by atoms with E-state index < -0.39 is 0 Å². The lowest BCUT2D eigenvalue weighted by Gasteiger charge is -2.18. The Morgan fingerprint density at radius 1 is 1.32 bits per heavy atom. The lowest BCUT2D eigenvalue weighted by molar-refractivity contribution is 0.101. The fourth-order valence-corrected chi connectivity index (χ4v) is 2.34. The standard InChI is InChI=1S/C15H13FN2O/c1-10(19)12-3-5-15(17-9-12)18-7-6-11-2-4-13(16)8-14(11)18/h2-5,8-9H,6-7H2,1H3. The molecular weight excluding hydrogens is 243 g/mol. The zero-order valence-electron chi connectivity index (χ0n) is 10.6. The van der Waals surface area contributed by atoms with Crippen molar-refractivity contribution in [3.63, 3.8) is 0 Å². The van der Waals surface area contributed by atoms with Crippen molar-refractivity contribution in [2.24, 2.45) is 0 Å². The van der Waals surface area contributed by atoms with Gasteiger partial charge < -0.3 is 4.90 Å². The monoisotopic (exact) mass is 256 g/mol. The van der Waals surface area contributed by atoms with Gasteiger partial charge in [0.2, 0.25) is 0 Å². The average molecular weight is 256 g/mol. The molecule has 0 saturated heterocycles. The van der Waals surface area contributed by atoms with Gasteiger partial charge in [0.25, 0.3) is 0 Å². The number of pyridine rings is 1. The van der Waals surface area contributed by atoms with E-state index in [1.807, 2.05) is 11.0 Å². The Hall–Kier alpha value is -2.23. The number of benzene rings is 1. The summed E-state index contributed by atoms with van der Waals surface area (Å²) in [6.07, 6.45) is 2.45. The van der Waals surface area contributed by atoms with Crippen LogP contribution in [0.1, 0.15) is 22.8 Å². The van der Waals surface area contributed by atoms with Crippen LogP contribution in [0.2, 0.25) is 0 Å². The fraction of sp³-hybridized carbons (Fsp3) is 0.200. The fourth-order valence-electron chi connectivity index (χ4n) is 2.34. The van der Waals surface area contributed by atoms with Gasteiger partial charge in [-0.25, -0.2) is 9.37 Å². The highest BCUT2D eigenvalue weighted by molar-refractivity contribution is 5.93. The number of hydrogen-bond acceptors (Lipinski definition) is 3. The van der Waals surface area contributed by atoms with Crippen LogP contribution in [0.4, 0.5) is 15.9 Å². The Kier molecular flexibility index (Phi) is 2.78. The van der Waals surface area contributed by atoms with Crippen LogP contribution < -0.4 is 4.90 Å². The van der Waals surface area contributed by atoms with Gasteiger partial charge in [-0.15, -0.1) is 0 Å². The lowest BCUT2D eigenvalue weighted by atomic mass is 10.1. The lowest BCUT2D eigenvalue weighted by Crippen LogP contribution is -2.15. The van der Waals surface area contributed by atoms with Crippen molar-refractivity contribution in [3.8, 4) is 0 Å². The van der Waals surface area contributed by atoms with Crippen molar-refractivity contribution < 1.29 is 9.18 Å². The molecule has 96 valence electrons. The van der Waals surface area contributed by atoms with E-state index in [0.29, 0.717) is 5.56 Å². The van der Waals surface area contributed by atoms with Crippen molar-refractivity contribution in [2.75, 3.05) is 11.4 Å². The Labute approximate surface area is 110 Å². The first-order valence-corrected chi connectivity index (χ1v) is 6.18. The van der Waals surface area contributed by atoms with Crippen molar-refractivity contribution >= 4 is 17.3 Å². The Balaban J connectivity index is 1.97. The maximum Gasteiger partial charge on any atom is 0.161 e. The molecule has 3 nitrogen and oxygen atoms in total. The average Bonchev–Trinajstić information content (AvgIpc) is 2.81. The summed E-state index contributed by atoms with van der Waals surface area (Å²) in [5, 5.41) is 0. The highest BCUT2D eigenvalue weighted by atomic mass is 19.1. The number of carbonyl (C=O) groups excluding carboxylic acids is 1. The van der Waals surface area contributed by atoms with Gasteiger partial charge in [0.1, 0.15) is 11.6 Å². The maximum atomic E-state index is 13.3. The van der Waals surface area contributed by atoms with Crippen LogP contribution >= 0.6 is 0 Å². The van der Waals surface area contributed by atoms with Crippen LogP contribution in [-0.4, -0.2) is 17.3 Å². The third-order valence-electron chi connectivity index (χ3n) is 3.37. The molecule has 0 unspecified atom stereocenters. The number of nitrogens with zero attached hydrogens (tertiary/aromatic N) is 2. The first-order valence-electron chi connectivity index (χ1n) is 6.18. The molecule has 2 heterocycles. The summed E-state index contributed by atoms with van der Waals surface area (Å²) in [6, 6.07) is 8.38. The molecule has 1 aromatic heterocycles. The molecule has 0 fully saturated rings. The van der Waals surface area contributed by atoms with Gasteiger partial charge in [0.05, 0.1) is 0 Å². The van der Waals surface area contributed by atoms with Gasteiger partial charge in [-0.1, -0.05) is 6.07 Å². The summed E-state index contributed by atoms with van der Waals surface area (Å²) < 4.78 is 13.3. The molecule has 0 atom stereocenters. The number of halogens is 1. The molecule has 0 spiro atoms. The smallest absolute Gasteiger partial charge is 0.161 e. The number of carbonyl (C=O) groups is 1. The van der Waals surface area contributed by atoms with Gasteiger partial charge in [0, 0.05) is 24.0 Å². The van der Waals surface area contributed by atoms with Crippen molar-refractivity contribution in [2.45, 2.75) is 13.3 Å². The first kappa shape index (κ1) is 11.8. The molecule has 2 aromatic rings. The van der Waals surface area contributed by atoms with E-state index in [4.69, 9.17) is 0 Å². The van der Waals surface area contributed by atoms with Crippen LogP contribution in [-0.2, 0) is 6.42 Å². The van der Waals surface area contributed by atoms with Crippen LogP contribution in [0.3, 0.4) is 0 Å². The topological polar surface area (TPSA) is 33.2 Å². The third kappa shape index (κ3) is 2.10. The molecule has 1 aliphatic rings. The molecule has 0 saturated carbocycles. The molecule has 0 aliphatic carbocycles. The number of Topliss-reactive ketones (excluding diaryl/α,β-unsaturated/α-hetero) is 1. The number of rotatable bonds is 2. The quantitative estimate of drug-likeness (QED) is 0.774. The van der Waals surface area contributed by atoms with Gasteiger partial charge in [-0.3, -0.25) is 4.79 Å². The van der Waals surface area contributed by atoms with Gasteiger partial charge >= 0.3 is 0 Å². The molecule has 19 heavy (non-hydrogen) atoms. The second-order valence-electron chi connectivity index (χ2n) is 4.64. The number of aromatic nitrogens is 1. The summed E-state index contributed by atoms with van der Waals surface area (Å²) in [5.41, 5.74) is 2.57. The van der Waals surface area contributed by atoms with Gasteiger partial charge in [-0.2, -0.15) is 0 Å². The van der Waals surface area contributed by atoms with E-state index in [9.17, 15) is 9.18 Å². The van der Waals surface area contributed by atoms with Crippen molar-refractivity contribution in [3.05, 3.63) is 53.5 Å². The zero-order valence-corrected chi connectivity index (χ0v) is 10.6. The van der Waals surface area contributed by atoms with Gasteiger partial charge in [0.15, 0.2) is 5.78 Å². The number of ketones is 1. The van der Waals surface area contributed by atoms with E-state index in [0.717, 1.165) is 30.0 Å². The minimum atomic E-state index is -0.244. The summed E-state index contributed by atoms with van der Waals surface area (Å²) in [4.78, 5) is 17.5. The summed E-state index contributed by atoms with van der Waals surface area (Å²) >= 11 is 0. The van der Waals surface area contributed by atoms with Crippen LogP contribution in [0.25, 0.3) is 0 Å². The first-order chi connectivity index (χ1) is 9.15. The van der Waals surface area contributed by atoms with Crippen molar-refractivity contribution in [1.82, 2.24) is 4.98 Å². The van der Waals surface area contributed by atoms with Crippen molar-refractivity contribution in [1.29, 1.82) is 0 Å². The Morgan fingerprint density at radius 2 is 2.16 bits per heavy atom. The normalized spacial score (nSPS) is 13.5. The van der Waals surface area contributed by atoms with Crippen LogP contribution in [0.15, 0.2) is 36.5 Å². The molecule has 3 rings (SSSR count). The second kappa shape index (κ2) is 4.46. The Bertz CT molecular complexity index is 637. The molecule has 1 aromatic carbocycles. The molecule has 0 bridgehead atoms. The summed E-state index contributed by atoms with van der Waals surface area (Å²) in [6.45, 7) is 2.29. The molecular formula is C15H13FN2O. The molecule has 1 aliphatic heterocycles. The highest BCUT2D eigenvalue weighted by Gasteiger charge is 2.21. The van der Waals surface area contributed by atoms with E-state index in [1.54, 1.807) is 18.3 Å². The largest absolute Gasteiger partial charge is 0.326 e. The predicted molar refractivity (Wildman–Crippen MR) is 71.4 cm³/mol. The van der Waals surface area contributed by atoms with Gasteiger partial charge in [-0.05, 0) is 43.2 Å². The molecule has 4 heteroatoms. The molecule has 0 radical (unpaired) electrons. The minimum Gasteiger partial charge on any atom is -0.326 e. The second-order valence-corrected chi connectivity index (χ2v) is 4.64. The minimum absolute atomic E-state index is 0.00748. The van der Waals surface area contributed by atoms with Crippen LogP contribution in [0.5, 0.6) is 0 Å². The molecule has 0 amide bonds. The summed E-state index contributed by atoms with van der Waals surface area (Å²) in [5.74, 6) is 0.493. The Morgan fingerprint density at radius 3 is 2.84 bits per heavy atom. The number of hydrogen-bond donors (Lipinski definition) is 0. The number of anilines is 2. The SMILES string of the molecule is CC(=O)c1ccc(N2CCc3ccc(F)cc32)nc1. The van der Waals surface area contributed by atoms with E-state index in [1.165, 1.54) is 19.1 Å².